The summed E-state index contributed by atoms with van der Waals surface area (Å²) in [5.41, 5.74) is 5.19. The Labute approximate surface area is 130 Å². The van der Waals surface area contributed by atoms with Gasteiger partial charge in [-0.25, -0.2) is 12.8 Å². The highest BCUT2D eigenvalue weighted by Crippen LogP contribution is 2.32. The van der Waals surface area contributed by atoms with Gasteiger partial charge in [0.15, 0.2) is 0 Å². The molecule has 2 rings (SSSR count). The molecule has 116 valence electrons. The van der Waals surface area contributed by atoms with E-state index in [0.29, 0.717) is 12.8 Å². The standard InChI is InChI=1S/C12H15BrFN3O3S/c1-16-12(18)10-3-2-4-17(10)21(19,20)11-6-9(15)8(14)5-7(11)13/h5-6,10H,2-4,15H2,1H3,(H,16,18). The fraction of sp³-hybridized carbons (Fsp3) is 0.417. The van der Waals surface area contributed by atoms with Crippen LogP contribution in [0.3, 0.4) is 0 Å². The minimum absolute atomic E-state index is 0.0803. The third-order valence-electron chi connectivity index (χ3n) is 3.39. The molecule has 1 amide bonds. The maximum Gasteiger partial charge on any atom is 0.245 e. The van der Waals surface area contributed by atoms with Crippen LogP contribution in [-0.2, 0) is 14.8 Å². The van der Waals surface area contributed by atoms with Gasteiger partial charge in [0.1, 0.15) is 11.9 Å². The summed E-state index contributed by atoms with van der Waals surface area (Å²) in [5, 5.41) is 2.45. The fourth-order valence-corrected chi connectivity index (χ4v) is 4.99. The molecule has 21 heavy (non-hydrogen) atoms. The number of nitrogens with one attached hydrogen (secondary N) is 1. The first-order chi connectivity index (χ1) is 9.78. The van der Waals surface area contributed by atoms with Crippen molar-refractivity contribution in [3.8, 4) is 0 Å². The van der Waals surface area contributed by atoms with E-state index in [4.69, 9.17) is 5.73 Å². The summed E-state index contributed by atoms with van der Waals surface area (Å²) in [6, 6.07) is 1.32. The molecular weight excluding hydrogens is 365 g/mol. The normalized spacial score (nSPS) is 19.7. The summed E-state index contributed by atoms with van der Waals surface area (Å²) in [4.78, 5) is 11.7. The molecule has 1 fully saturated rings. The zero-order valence-corrected chi connectivity index (χ0v) is 13.7. The van der Waals surface area contributed by atoms with Gasteiger partial charge >= 0.3 is 0 Å². The van der Waals surface area contributed by atoms with Crippen LogP contribution >= 0.6 is 15.9 Å². The molecular formula is C12H15BrFN3O3S. The van der Waals surface area contributed by atoms with E-state index in [-0.39, 0.29) is 27.5 Å². The van der Waals surface area contributed by atoms with Gasteiger partial charge in [-0.3, -0.25) is 4.79 Å². The van der Waals surface area contributed by atoms with Crippen molar-refractivity contribution in [1.82, 2.24) is 9.62 Å². The summed E-state index contributed by atoms with van der Waals surface area (Å²) in [6.07, 6.45) is 1.04. The van der Waals surface area contributed by atoms with Crippen LogP contribution in [0.5, 0.6) is 0 Å². The number of carbonyl (C=O) groups excluding carboxylic acids is 1. The molecule has 0 aromatic heterocycles. The lowest BCUT2D eigenvalue weighted by molar-refractivity contribution is -0.123. The second-order valence-electron chi connectivity index (χ2n) is 4.69. The van der Waals surface area contributed by atoms with Crippen LogP contribution in [0.15, 0.2) is 21.5 Å². The van der Waals surface area contributed by atoms with E-state index < -0.39 is 21.9 Å². The quantitative estimate of drug-likeness (QED) is 0.768. The number of rotatable bonds is 3. The molecule has 1 aliphatic heterocycles. The first kappa shape index (κ1) is 16.2. The minimum Gasteiger partial charge on any atom is -0.396 e. The number of carbonyl (C=O) groups is 1. The molecule has 1 aromatic rings. The number of hydrogen-bond acceptors (Lipinski definition) is 4. The predicted molar refractivity (Wildman–Crippen MR) is 79.5 cm³/mol. The van der Waals surface area contributed by atoms with E-state index >= 15 is 0 Å². The van der Waals surface area contributed by atoms with Crippen molar-refractivity contribution in [2.45, 2.75) is 23.8 Å². The number of halogens is 2. The Bertz CT molecular complexity index is 681. The Morgan fingerprint density at radius 1 is 1.52 bits per heavy atom. The van der Waals surface area contributed by atoms with E-state index in [1.807, 2.05) is 0 Å². The third kappa shape index (κ3) is 2.90. The lowest BCUT2D eigenvalue weighted by Gasteiger charge is -2.23. The zero-order valence-electron chi connectivity index (χ0n) is 11.3. The number of likely N-dealkylation sites (N-methyl/N-ethyl adjacent to an activating group) is 1. The van der Waals surface area contributed by atoms with Crippen molar-refractivity contribution in [1.29, 1.82) is 0 Å². The van der Waals surface area contributed by atoms with E-state index in [9.17, 15) is 17.6 Å². The molecule has 1 aliphatic rings. The van der Waals surface area contributed by atoms with Crippen LogP contribution in [-0.4, -0.2) is 38.3 Å². The Hall–Kier alpha value is -1.19. The van der Waals surface area contributed by atoms with Crippen LogP contribution in [0.1, 0.15) is 12.8 Å². The van der Waals surface area contributed by atoms with E-state index in [0.717, 1.165) is 16.4 Å². The van der Waals surface area contributed by atoms with Crippen molar-refractivity contribution in [3.05, 3.63) is 22.4 Å². The highest BCUT2D eigenvalue weighted by atomic mass is 79.9. The minimum atomic E-state index is -3.93. The largest absolute Gasteiger partial charge is 0.396 e. The average molecular weight is 380 g/mol. The lowest BCUT2D eigenvalue weighted by atomic mass is 10.2. The Morgan fingerprint density at radius 2 is 2.19 bits per heavy atom. The second kappa shape index (κ2) is 5.90. The first-order valence-corrected chi connectivity index (χ1v) is 8.50. The number of hydrogen-bond donors (Lipinski definition) is 2. The smallest absolute Gasteiger partial charge is 0.245 e. The summed E-state index contributed by atoms with van der Waals surface area (Å²) in [5.74, 6) is -1.06. The summed E-state index contributed by atoms with van der Waals surface area (Å²) >= 11 is 3.04. The highest BCUT2D eigenvalue weighted by molar-refractivity contribution is 9.10. The molecule has 1 atom stereocenters. The van der Waals surface area contributed by atoms with Crippen molar-refractivity contribution >= 4 is 37.5 Å². The van der Waals surface area contributed by atoms with Gasteiger partial charge in [0.05, 0.1) is 10.6 Å². The maximum atomic E-state index is 13.4. The lowest BCUT2D eigenvalue weighted by Crippen LogP contribution is -2.44. The van der Waals surface area contributed by atoms with Crippen LogP contribution < -0.4 is 11.1 Å². The number of anilines is 1. The van der Waals surface area contributed by atoms with Crippen LogP contribution in [0.25, 0.3) is 0 Å². The highest BCUT2D eigenvalue weighted by Gasteiger charge is 2.40. The molecule has 9 heteroatoms. The number of sulfonamides is 1. The summed E-state index contributed by atoms with van der Waals surface area (Å²) in [6.45, 7) is 0.240. The third-order valence-corrected chi connectivity index (χ3v) is 6.26. The first-order valence-electron chi connectivity index (χ1n) is 6.27. The van der Waals surface area contributed by atoms with Gasteiger partial charge in [0, 0.05) is 18.1 Å². The van der Waals surface area contributed by atoms with Gasteiger partial charge in [-0.05, 0) is 40.9 Å². The van der Waals surface area contributed by atoms with Crippen molar-refractivity contribution < 1.29 is 17.6 Å². The Balaban J connectivity index is 2.47. The summed E-state index contributed by atoms with van der Waals surface area (Å²) in [7, 11) is -2.48. The van der Waals surface area contributed by atoms with Crippen LogP contribution in [0, 0.1) is 5.82 Å². The number of nitrogen functional groups attached to an aromatic ring is 1. The molecule has 0 aliphatic carbocycles. The molecule has 1 heterocycles. The monoisotopic (exact) mass is 379 g/mol. The molecule has 1 aromatic carbocycles. The number of benzene rings is 1. The van der Waals surface area contributed by atoms with Gasteiger partial charge < -0.3 is 11.1 Å². The van der Waals surface area contributed by atoms with Crippen LogP contribution in [0.4, 0.5) is 10.1 Å². The molecule has 1 saturated heterocycles. The molecule has 0 radical (unpaired) electrons. The van der Waals surface area contributed by atoms with E-state index in [1.54, 1.807) is 0 Å². The van der Waals surface area contributed by atoms with Gasteiger partial charge in [-0.2, -0.15) is 4.31 Å². The summed E-state index contributed by atoms with van der Waals surface area (Å²) < 4.78 is 39.9. The fourth-order valence-electron chi connectivity index (χ4n) is 2.33. The second-order valence-corrected chi connectivity index (χ2v) is 7.41. The van der Waals surface area contributed by atoms with Gasteiger partial charge in [-0.15, -0.1) is 0 Å². The molecule has 6 nitrogen and oxygen atoms in total. The Morgan fingerprint density at radius 3 is 2.81 bits per heavy atom. The van der Waals surface area contributed by atoms with E-state index in [2.05, 4.69) is 21.2 Å². The topological polar surface area (TPSA) is 92.5 Å². The predicted octanol–water partition coefficient (Wildman–Crippen LogP) is 1.07. The number of amides is 1. The average Bonchev–Trinajstić information content (AvgIpc) is 2.91. The zero-order chi connectivity index (χ0) is 15.8. The van der Waals surface area contributed by atoms with E-state index in [1.165, 1.54) is 7.05 Å². The molecule has 3 N–H and O–H groups in total. The van der Waals surface area contributed by atoms with Gasteiger partial charge in [0.25, 0.3) is 0 Å². The molecule has 0 spiro atoms. The molecule has 1 unspecified atom stereocenters. The van der Waals surface area contributed by atoms with Crippen LogP contribution in [0.2, 0.25) is 0 Å². The SMILES string of the molecule is CNC(=O)C1CCCN1S(=O)(=O)c1cc(N)c(F)cc1Br. The number of nitrogens with zero attached hydrogens (tertiary/aromatic N) is 1. The van der Waals surface area contributed by atoms with Crippen molar-refractivity contribution in [2.75, 3.05) is 19.3 Å². The molecule has 0 saturated carbocycles. The van der Waals surface area contributed by atoms with Gasteiger partial charge in [0.2, 0.25) is 15.9 Å². The van der Waals surface area contributed by atoms with Gasteiger partial charge in [-0.1, -0.05) is 0 Å². The maximum absolute atomic E-state index is 13.4. The number of nitrogens with two attached hydrogens (primary N) is 1. The Kier molecular flexibility index (Phi) is 4.54. The van der Waals surface area contributed by atoms with Crippen molar-refractivity contribution in [2.24, 2.45) is 0 Å². The molecule has 0 bridgehead atoms. The van der Waals surface area contributed by atoms with Crippen molar-refractivity contribution in [3.63, 3.8) is 0 Å².